The Hall–Kier alpha value is -3.08. The van der Waals surface area contributed by atoms with E-state index in [0.717, 1.165) is 28.9 Å². The van der Waals surface area contributed by atoms with E-state index in [4.69, 9.17) is 0 Å². The van der Waals surface area contributed by atoms with Gasteiger partial charge in [0, 0.05) is 18.8 Å². The predicted molar refractivity (Wildman–Crippen MR) is 106 cm³/mol. The van der Waals surface area contributed by atoms with E-state index < -0.39 is 0 Å². The fourth-order valence-electron chi connectivity index (χ4n) is 2.94. The van der Waals surface area contributed by atoms with Gasteiger partial charge in [-0.3, -0.25) is 10.00 Å². The molecular weight excluding hydrogens is 324 g/mol. The van der Waals surface area contributed by atoms with Crippen LogP contribution in [0.15, 0.2) is 60.7 Å². The molecule has 0 aliphatic heterocycles. The van der Waals surface area contributed by atoms with Crippen LogP contribution < -0.4 is 10.6 Å². The molecule has 3 aromatic rings. The van der Waals surface area contributed by atoms with Crippen molar-refractivity contribution in [3.63, 3.8) is 0 Å². The van der Waals surface area contributed by atoms with Crippen molar-refractivity contribution in [2.24, 2.45) is 7.05 Å². The number of para-hydroxylation sites is 1. The smallest absolute Gasteiger partial charge is 0.307 e. The highest BCUT2D eigenvalue weighted by Crippen LogP contribution is 2.27. The number of carbonyl (C=O) groups is 1. The van der Waals surface area contributed by atoms with E-state index in [9.17, 15) is 4.79 Å². The van der Waals surface area contributed by atoms with Crippen LogP contribution in [0.1, 0.15) is 31.7 Å². The third-order valence-corrected chi connectivity index (χ3v) is 4.54. The molecule has 134 valence electrons. The van der Waals surface area contributed by atoms with E-state index in [-0.39, 0.29) is 6.03 Å². The van der Waals surface area contributed by atoms with Gasteiger partial charge in [-0.1, -0.05) is 62.4 Å². The fourth-order valence-corrected chi connectivity index (χ4v) is 2.94. The quantitative estimate of drug-likeness (QED) is 0.662. The van der Waals surface area contributed by atoms with Gasteiger partial charge in [0.15, 0.2) is 5.82 Å². The Labute approximate surface area is 154 Å². The molecule has 2 amide bonds. The standard InChI is InChI=1S/C21H24N4O/c1-4-15(2)17-12-8-9-13-18(17)22-21(26)23-20-14-19(25(3)24-20)16-10-6-5-7-11-16/h5-15H,4H2,1-3H3,(H2,22,23,24,26). The van der Waals surface area contributed by atoms with Crippen molar-refractivity contribution in [2.75, 3.05) is 10.6 Å². The molecular formula is C21H24N4O. The number of anilines is 2. The first kappa shape index (κ1) is 17.7. The summed E-state index contributed by atoms with van der Waals surface area (Å²) < 4.78 is 1.76. The van der Waals surface area contributed by atoms with Gasteiger partial charge in [-0.15, -0.1) is 0 Å². The van der Waals surface area contributed by atoms with Crippen LogP contribution in [0.4, 0.5) is 16.3 Å². The third kappa shape index (κ3) is 3.94. The zero-order valence-corrected chi connectivity index (χ0v) is 15.4. The molecule has 0 spiro atoms. The lowest BCUT2D eigenvalue weighted by atomic mass is 9.97. The van der Waals surface area contributed by atoms with E-state index >= 15 is 0 Å². The molecule has 2 aromatic carbocycles. The normalized spacial score (nSPS) is 11.8. The molecule has 0 saturated carbocycles. The molecule has 0 aliphatic rings. The maximum Gasteiger partial charge on any atom is 0.324 e. The SMILES string of the molecule is CCC(C)c1ccccc1NC(=O)Nc1cc(-c2ccccc2)n(C)n1. The number of nitrogens with zero attached hydrogens (tertiary/aromatic N) is 2. The second kappa shape index (κ2) is 7.87. The van der Waals surface area contributed by atoms with Crippen LogP contribution in [-0.4, -0.2) is 15.8 Å². The minimum Gasteiger partial charge on any atom is -0.307 e. The lowest BCUT2D eigenvalue weighted by molar-refractivity contribution is 0.262. The number of amides is 2. The van der Waals surface area contributed by atoms with Gasteiger partial charge in [-0.05, 0) is 29.5 Å². The maximum atomic E-state index is 12.4. The zero-order chi connectivity index (χ0) is 18.5. The number of hydrogen-bond acceptors (Lipinski definition) is 2. The Morgan fingerprint density at radius 3 is 2.50 bits per heavy atom. The summed E-state index contributed by atoms with van der Waals surface area (Å²) in [6.07, 6.45) is 1.01. The van der Waals surface area contributed by atoms with E-state index in [0.29, 0.717) is 11.7 Å². The molecule has 0 radical (unpaired) electrons. The van der Waals surface area contributed by atoms with Crippen molar-refractivity contribution < 1.29 is 4.79 Å². The van der Waals surface area contributed by atoms with Crippen molar-refractivity contribution in [2.45, 2.75) is 26.2 Å². The topological polar surface area (TPSA) is 59.0 Å². The first-order chi connectivity index (χ1) is 12.6. The lowest BCUT2D eigenvalue weighted by Crippen LogP contribution is -2.20. The van der Waals surface area contributed by atoms with Gasteiger partial charge in [-0.2, -0.15) is 5.10 Å². The molecule has 1 aromatic heterocycles. The molecule has 3 rings (SSSR count). The van der Waals surface area contributed by atoms with Crippen molar-refractivity contribution in [1.82, 2.24) is 9.78 Å². The number of hydrogen-bond donors (Lipinski definition) is 2. The summed E-state index contributed by atoms with van der Waals surface area (Å²) in [7, 11) is 1.86. The molecule has 0 fully saturated rings. The molecule has 26 heavy (non-hydrogen) atoms. The van der Waals surface area contributed by atoms with E-state index in [2.05, 4.69) is 35.6 Å². The van der Waals surface area contributed by atoms with Crippen LogP contribution in [0, 0.1) is 0 Å². The molecule has 2 N–H and O–H groups in total. The number of nitrogens with one attached hydrogen (secondary N) is 2. The lowest BCUT2D eigenvalue weighted by Gasteiger charge is -2.15. The number of urea groups is 1. The summed E-state index contributed by atoms with van der Waals surface area (Å²) in [5.41, 5.74) is 3.97. The minimum atomic E-state index is -0.293. The fraction of sp³-hybridized carbons (Fsp3) is 0.238. The predicted octanol–water partition coefficient (Wildman–Crippen LogP) is 5.24. The number of carbonyl (C=O) groups excluding carboxylic acids is 1. The van der Waals surface area contributed by atoms with Crippen LogP contribution in [0.25, 0.3) is 11.3 Å². The average molecular weight is 348 g/mol. The second-order valence-corrected chi connectivity index (χ2v) is 6.38. The first-order valence-electron chi connectivity index (χ1n) is 8.85. The molecule has 0 aliphatic carbocycles. The molecule has 5 nitrogen and oxygen atoms in total. The molecule has 1 unspecified atom stereocenters. The summed E-state index contributed by atoms with van der Waals surface area (Å²) in [4.78, 5) is 12.4. The van der Waals surface area contributed by atoms with Gasteiger partial charge in [0.1, 0.15) is 0 Å². The molecule has 1 heterocycles. The largest absolute Gasteiger partial charge is 0.324 e. The van der Waals surface area contributed by atoms with E-state index in [1.165, 1.54) is 0 Å². The highest BCUT2D eigenvalue weighted by molar-refractivity contribution is 6.00. The Morgan fingerprint density at radius 2 is 1.77 bits per heavy atom. The van der Waals surface area contributed by atoms with E-state index in [1.54, 1.807) is 4.68 Å². The average Bonchev–Trinajstić information content (AvgIpc) is 3.02. The monoisotopic (exact) mass is 348 g/mol. The summed E-state index contributed by atoms with van der Waals surface area (Å²) in [5, 5.41) is 10.2. The summed E-state index contributed by atoms with van der Waals surface area (Å²) in [6.45, 7) is 4.30. The number of benzene rings is 2. The van der Waals surface area contributed by atoms with Crippen molar-refractivity contribution >= 4 is 17.5 Å². The maximum absolute atomic E-state index is 12.4. The molecule has 0 bridgehead atoms. The van der Waals surface area contributed by atoms with Crippen molar-refractivity contribution in [1.29, 1.82) is 0 Å². The number of aromatic nitrogens is 2. The Morgan fingerprint density at radius 1 is 1.08 bits per heavy atom. The van der Waals surface area contributed by atoms with Gasteiger partial charge in [0.05, 0.1) is 5.69 Å². The second-order valence-electron chi connectivity index (χ2n) is 6.38. The summed E-state index contributed by atoms with van der Waals surface area (Å²) >= 11 is 0. The Kier molecular flexibility index (Phi) is 5.37. The Balaban J connectivity index is 1.74. The van der Waals surface area contributed by atoms with Crippen LogP contribution in [0.3, 0.4) is 0 Å². The summed E-state index contributed by atoms with van der Waals surface area (Å²) in [5.74, 6) is 0.899. The van der Waals surface area contributed by atoms with Gasteiger partial charge >= 0.3 is 6.03 Å². The van der Waals surface area contributed by atoms with Gasteiger partial charge in [0.2, 0.25) is 0 Å². The molecule has 1 atom stereocenters. The van der Waals surface area contributed by atoms with Crippen LogP contribution in [0.5, 0.6) is 0 Å². The highest BCUT2D eigenvalue weighted by Gasteiger charge is 2.13. The molecule has 5 heteroatoms. The van der Waals surface area contributed by atoms with Gasteiger partial charge < -0.3 is 5.32 Å². The highest BCUT2D eigenvalue weighted by atomic mass is 16.2. The van der Waals surface area contributed by atoms with Crippen molar-refractivity contribution in [3.05, 3.63) is 66.2 Å². The van der Waals surface area contributed by atoms with Gasteiger partial charge in [0.25, 0.3) is 0 Å². The van der Waals surface area contributed by atoms with Crippen LogP contribution in [0.2, 0.25) is 0 Å². The van der Waals surface area contributed by atoms with Crippen molar-refractivity contribution in [3.8, 4) is 11.3 Å². The zero-order valence-electron chi connectivity index (χ0n) is 15.4. The Bertz CT molecular complexity index is 886. The third-order valence-electron chi connectivity index (χ3n) is 4.54. The minimum absolute atomic E-state index is 0.293. The number of rotatable bonds is 5. The first-order valence-corrected chi connectivity index (χ1v) is 8.85. The number of aryl methyl sites for hydroxylation is 1. The van der Waals surface area contributed by atoms with E-state index in [1.807, 2.05) is 61.6 Å². The molecule has 0 saturated heterocycles. The van der Waals surface area contributed by atoms with Crippen LogP contribution >= 0.6 is 0 Å². The van der Waals surface area contributed by atoms with Gasteiger partial charge in [-0.25, -0.2) is 4.79 Å². The van der Waals surface area contributed by atoms with Crippen LogP contribution in [-0.2, 0) is 7.05 Å². The summed E-state index contributed by atoms with van der Waals surface area (Å²) in [6, 6.07) is 19.4.